The van der Waals surface area contributed by atoms with Gasteiger partial charge in [-0.15, -0.1) is 0 Å². The third kappa shape index (κ3) is 9.86. The first-order valence-electron chi connectivity index (χ1n) is 4.87. The van der Waals surface area contributed by atoms with Crippen molar-refractivity contribution in [2.24, 2.45) is 0 Å². The first-order valence-corrected chi connectivity index (χ1v) is 4.87. The number of unbranched alkanes of at least 4 members (excludes halogenated alkanes) is 6. The fraction of sp³-hybridized carbons (Fsp3) is 0.900. The maximum Gasteiger partial charge on any atom is 0.238 e. The zero-order chi connectivity index (χ0) is 9.23. The maximum absolute atomic E-state index is 11.7. The smallest absolute Gasteiger partial charge is 0.211 e. The Hall–Kier alpha value is -0.140. The maximum atomic E-state index is 11.7. The summed E-state index contributed by atoms with van der Waals surface area (Å²) in [6, 6.07) is 0. The summed E-state index contributed by atoms with van der Waals surface area (Å²) in [4.78, 5) is 0. The molecule has 0 spiro atoms. The summed E-state index contributed by atoms with van der Waals surface area (Å²) in [5.41, 5.74) is 0. The molecule has 0 aromatic carbocycles. The lowest BCUT2D eigenvalue weighted by Gasteiger charge is -1.99. The highest BCUT2D eigenvalue weighted by molar-refractivity contribution is 4.64. The minimum absolute atomic E-state index is 0.0598. The van der Waals surface area contributed by atoms with E-state index < -0.39 is 6.43 Å². The predicted octanol–water partition coefficient (Wildman–Crippen LogP) is 4.21. The van der Waals surface area contributed by atoms with Crippen LogP contribution in [0.4, 0.5) is 8.78 Å². The van der Waals surface area contributed by atoms with Gasteiger partial charge in [-0.05, 0) is 19.3 Å². The van der Waals surface area contributed by atoms with E-state index >= 15 is 0 Å². The lowest BCUT2D eigenvalue weighted by atomic mass is 10.1. The first kappa shape index (κ1) is 11.9. The van der Waals surface area contributed by atoms with E-state index in [1.165, 1.54) is 19.3 Å². The predicted molar refractivity (Wildman–Crippen MR) is 48.3 cm³/mol. The summed E-state index contributed by atoms with van der Waals surface area (Å²) in [5, 5.41) is 0. The van der Waals surface area contributed by atoms with Crippen LogP contribution in [0.3, 0.4) is 0 Å². The standard InChI is InChI=1S/C10H19F2/c1-2-3-4-5-6-7-8-9-10(11)12/h6,10H,2-5,7-9H2,1H3. The third-order valence-electron chi connectivity index (χ3n) is 1.84. The minimum Gasteiger partial charge on any atom is -0.211 e. The third-order valence-corrected chi connectivity index (χ3v) is 1.84. The molecule has 0 aromatic heterocycles. The topological polar surface area (TPSA) is 0 Å². The average molecular weight is 177 g/mol. The number of alkyl halides is 2. The molecule has 0 N–H and O–H groups in total. The Morgan fingerprint density at radius 1 is 1.08 bits per heavy atom. The van der Waals surface area contributed by atoms with Crippen LogP contribution in [0.2, 0.25) is 0 Å². The van der Waals surface area contributed by atoms with E-state index in [4.69, 9.17) is 0 Å². The number of rotatable bonds is 8. The van der Waals surface area contributed by atoms with Crippen LogP contribution in [0.15, 0.2) is 0 Å². The van der Waals surface area contributed by atoms with Gasteiger partial charge >= 0.3 is 0 Å². The van der Waals surface area contributed by atoms with E-state index in [2.05, 4.69) is 13.3 Å². The van der Waals surface area contributed by atoms with Crippen molar-refractivity contribution in [1.29, 1.82) is 0 Å². The van der Waals surface area contributed by atoms with Crippen LogP contribution in [0.1, 0.15) is 51.9 Å². The molecule has 0 aliphatic carbocycles. The van der Waals surface area contributed by atoms with Crippen molar-refractivity contribution in [3.63, 3.8) is 0 Å². The van der Waals surface area contributed by atoms with Gasteiger partial charge in [-0.1, -0.05) is 32.6 Å². The van der Waals surface area contributed by atoms with Gasteiger partial charge in [0.15, 0.2) is 0 Å². The van der Waals surface area contributed by atoms with E-state index in [9.17, 15) is 8.78 Å². The van der Waals surface area contributed by atoms with Crippen molar-refractivity contribution in [3.8, 4) is 0 Å². The summed E-state index contributed by atoms with van der Waals surface area (Å²) in [5.74, 6) is 0. The second-order valence-electron chi connectivity index (χ2n) is 3.11. The molecule has 0 saturated heterocycles. The molecule has 0 rings (SSSR count). The van der Waals surface area contributed by atoms with Crippen LogP contribution in [0.5, 0.6) is 0 Å². The lowest BCUT2D eigenvalue weighted by molar-refractivity contribution is 0.135. The van der Waals surface area contributed by atoms with E-state index in [0.29, 0.717) is 6.42 Å². The molecule has 0 saturated carbocycles. The monoisotopic (exact) mass is 177 g/mol. The molecule has 0 unspecified atom stereocenters. The number of halogens is 2. The molecule has 12 heavy (non-hydrogen) atoms. The molecule has 0 aliphatic heterocycles. The van der Waals surface area contributed by atoms with E-state index in [1.807, 2.05) is 0 Å². The van der Waals surface area contributed by atoms with Gasteiger partial charge in [0.2, 0.25) is 6.43 Å². The van der Waals surface area contributed by atoms with Crippen LogP contribution in [0, 0.1) is 6.42 Å². The van der Waals surface area contributed by atoms with Crippen molar-refractivity contribution in [2.45, 2.75) is 58.3 Å². The SMILES string of the molecule is CCCCC[CH]CCCC(F)F. The molecule has 0 amide bonds. The molecule has 2 heteroatoms. The Labute approximate surface area is 74.4 Å². The number of hydrogen-bond acceptors (Lipinski definition) is 0. The summed E-state index contributed by atoms with van der Waals surface area (Å²) < 4.78 is 23.3. The van der Waals surface area contributed by atoms with Crippen molar-refractivity contribution in [2.75, 3.05) is 0 Å². The van der Waals surface area contributed by atoms with Gasteiger partial charge in [-0.3, -0.25) is 0 Å². The van der Waals surface area contributed by atoms with Crippen molar-refractivity contribution in [3.05, 3.63) is 6.42 Å². The molecule has 0 fully saturated rings. The highest BCUT2D eigenvalue weighted by Crippen LogP contribution is 2.10. The minimum atomic E-state index is -2.12. The molecular formula is C10H19F2. The zero-order valence-corrected chi connectivity index (χ0v) is 7.86. The van der Waals surface area contributed by atoms with Gasteiger partial charge in [0.05, 0.1) is 0 Å². The molecule has 0 nitrogen and oxygen atoms in total. The Balaban J connectivity index is 2.82. The van der Waals surface area contributed by atoms with Crippen LogP contribution in [0.25, 0.3) is 0 Å². The summed E-state index contributed by atoms with van der Waals surface area (Å²) in [6.07, 6.45) is 6.37. The Morgan fingerprint density at radius 2 is 1.75 bits per heavy atom. The molecule has 0 aromatic rings. The molecular weight excluding hydrogens is 158 g/mol. The van der Waals surface area contributed by atoms with Crippen LogP contribution >= 0.6 is 0 Å². The molecule has 0 bridgehead atoms. The van der Waals surface area contributed by atoms with Gasteiger partial charge < -0.3 is 0 Å². The van der Waals surface area contributed by atoms with Gasteiger partial charge in [-0.25, -0.2) is 8.78 Å². The largest absolute Gasteiger partial charge is 0.238 e. The second-order valence-corrected chi connectivity index (χ2v) is 3.11. The molecule has 0 atom stereocenters. The lowest BCUT2D eigenvalue weighted by Crippen LogP contribution is -1.89. The average Bonchev–Trinajstić information content (AvgIpc) is 2.02. The Kier molecular flexibility index (Phi) is 8.85. The summed E-state index contributed by atoms with van der Waals surface area (Å²) in [7, 11) is 0. The Bertz CT molecular complexity index is 81.9. The van der Waals surface area contributed by atoms with Gasteiger partial charge in [-0.2, -0.15) is 0 Å². The molecule has 0 heterocycles. The normalized spacial score (nSPS) is 11.0. The van der Waals surface area contributed by atoms with Crippen molar-refractivity contribution >= 4 is 0 Å². The highest BCUT2D eigenvalue weighted by Gasteiger charge is 2.00. The summed E-state index contributed by atoms with van der Waals surface area (Å²) in [6.45, 7) is 2.16. The van der Waals surface area contributed by atoms with Gasteiger partial charge in [0.1, 0.15) is 0 Å². The zero-order valence-electron chi connectivity index (χ0n) is 7.86. The van der Waals surface area contributed by atoms with E-state index in [1.54, 1.807) is 0 Å². The fourth-order valence-electron chi connectivity index (χ4n) is 1.10. The van der Waals surface area contributed by atoms with E-state index in [-0.39, 0.29) is 6.42 Å². The quantitative estimate of drug-likeness (QED) is 0.487. The molecule has 0 aliphatic rings. The fourth-order valence-corrected chi connectivity index (χ4v) is 1.10. The van der Waals surface area contributed by atoms with Gasteiger partial charge in [0.25, 0.3) is 0 Å². The van der Waals surface area contributed by atoms with Crippen LogP contribution in [-0.4, -0.2) is 6.43 Å². The first-order chi connectivity index (χ1) is 5.77. The van der Waals surface area contributed by atoms with E-state index in [0.717, 1.165) is 12.8 Å². The van der Waals surface area contributed by atoms with Crippen molar-refractivity contribution < 1.29 is 8.78 Å². The van der Waals surface area contributed by atoms with Gasteiger partial charge in [0, 0.05) is 6.42 Å². The summed E-state index contributed by atoms with van der Waals surface area (Å²) >= 11 is 0. The van der Waals surface area contributed by atoms with Crippen molar-refractivity contribution in [1.82, 2.24) is 0 Å². The Morgan fingerprint density at radius 3 is 2.33 bits per heavy atom. The second kappa shape index (κ2) is 8.95. The molecule has 1 radical (unpaired) electrons. The molecule has 73 valence electrons. The highest BCUT2D eigenvalue weighted by atomic mass is 19.3. The van der Waals surface area contributed by atoms with Crippen LogP contribution in [-0.2, 0) is 0 Å². The van der Waals surface area contributed by atoms with Crippen LogP contribution < -0.4 is 0 Å². The number of hydrogen-bond donors (Lipinski definition) is 0.